The van der Waals surface area contributed by atoms with Gasteiger partial charge in [-0.25, -0.2) is 9.38 Å². The van der Waals surface area contributed by atoms with E-state index in [4.69, 9.17) is 14.7 Å². The fraction of sp³-hybridized carbons (Fsp3) is 0.391. The molecule has 0 saturated heterocycles. The highest BCUT2D eigenvalue weighted by Crippen LogP contribution is 2.20. The number of rotatable bonds is 10. The molecule has 2 aromatic rings. The normalized spacial score (nSPS) is 10.7. The van der Waals surface area contributed by atoms with Crippen molar-refractivity contribution in [3.05, 3.63) is 64.5 Å². The van der Waals surface area contributed by atoms with Gasteiger partial charge >= 0.3 is 0 Å². The third-order valence-electron chi connectivity index (χ3n) is 4.28. The van der Waals surface area contributed by atoms with E-state index in [0.717, 1.165) is 16.9 Å². The van der Waals surface area contributed by atoms with Crippen LogP contribution < -0.4 is 15.4 Å². The molecular weight excluding hydrogens is 510 g/mol. The van der Waals surface area contributed by atoms with E-state index in [1.807, 2.05) is 45.0 Å². The number of ether oxygens (including phenoxy) is 2. The molecule has 8 heteroatoms. The summed E-state index contributed by atoms with van der Waals surface area (Å²) in [5.41, 5.74) is 2.88. The maximum Gasteiger partial charge on any atom is 0.191 e. The van der Waals surface area contributed by atoms with E-state index in [1.54, 1.807) is 0 Å². The Hall–Kier alpha value is -2.38. The zero-order valence-corrected chi connectivity index (χ0v) is 20.5. The molecule has 0 saturated carbocycles. The summed E-state index contributed by atoms with van der Waals surface area (Å²) < 4.78 is 25.2. The van der Waals surface area contributed by atoms with Crippen LogP contribution in [0.1, 0.15) is 36.1 Å². The Morgan fingerprint density at radius 2 is 1.90 bits per heavy atom. The van der Waals surface area contributed by atoms with Crippen LogP contribution in [0.15, 0.2) is 41.4 Å². The van der Waals surface area contributed by atoms with Gasteiger partial charge in [0.2, 0.25) is 0 Å². The van der Waals surface area contributed by atoms with Gasteiger partial charge in [0.15, 0.2) is 5.96 Å². The number of guanidine groups is 1. The molecule has 2 N–H and O–H groups in total. The molecule has 0 bridgehead atoms. The second-order valence-electron chi connectivity index (χ2n) is 6.62. The van der Waals surface area contributed by atoms with Crippen molar-refractivity contribution in [2.75, 3.05) is 26.4 Å². The quantitative estimate of drug-likeness (QED) is 0.204. The van der Waals surface area contributed by atoms with E-state index < -0.39 is 0 Å². The summed E-state index contributed by atoms with van der Waals surface area (Å²) in [5.74, 6) is 0.975. The van der Waals surface area contributed by atoms with Gasteiger partial charge < -0.3 is 20.1 Å². The van der Waals surface area contributed by atoms with Crippen molar-refractivity contribution in [3.63, 3.8) is 0 Å². The third kappa shape index (κ3) is 9.11. The van der Waals surface area contributed by atoms with E-state index in [9.17, 15) is 4.39 Å². The average molecular weight is 540 g/mol. The fourth-order valence-corrected chi connectivity index (χ4v) is 2.75. The smallest absolute Gasteiger partial charge is 0.191 e. The van der Waals surface area contributed by atoms with Gasteiger partial charge in [-0.15, -0.1) is 24.0 Å². The number of aliphatic imine (C=N–C) groups is 1. The molecule has 0 spiro atoms. The molecular formula is C23H30FIN4O2. The molecule has 0 unspecified atom stereocenters. The first-order chi connectivity index (χ1) is 14.6. The molecule has 0 radical (unpaired) electrons. The van der Waals surface area contributed by atoms with Crippen molar-refractivity contribution in [3.8, 4) is 11.8 Å². The lowest BCUT2D eigenvalue weighted by molar-refractivity contribution is 0.110. The summed E-state index contributed by atoms with van der Waals surface area (Å²) in [6.07, 6.45) is 0. The Kier molecular flexibility index (Phi) is 12.5. The predicted molar refractivity (Wildman–Crippen MR) is 131 cm³/mol. The molecule has 0 amide bonds. The zero-order valence-electron chi connectivity index (χ0n) is 18.2. The summed E-state index contributed by atoms with van der Waals surface area (Å²) >= 11 is 0. The number of nitrogens with zero attached hydrogens (tertiary/aromatic N) is 2. The Labute approximate surface area is 200 Å². The molecule has 0 fully saturated rings. The number of nitrogens with one attached hydrogen (secondary N) is 2. The van der Waals surface area contributed by atoms with Crippen LogP contribution in [0, 0.1) is 24.1 Å². The molecule has 0 aliphatic heterocycles. The van der Waals surface area contributed by atoms with Gasteiger partial charge in [-0.05, 0) is 50.6 Å². The summed E-state index contributed by atoms with van der Waals surface area (Å²) in [4.78, 5) is 4.45. The van der Waals surface area contributed by atoms with Crippen LogP contribution in [-0.2, 0) is 17.8 Å². The standard InChI is InChI=1S/C23H29FN4O2.HI/c1-4-26-23(28-16-20-13-18(14-25)7-9-21(20)24)27-15-19-8-6-17(3)12-22(19)30-11-10-29-5-2;/h6-9,12-13H,4-5,10-11,15-16H2,1-3H3,(H2,26,27,28);1H. The molecule has 0 heterocycles. The summed E-state index contributed by atoms with van der Waals surface area (Å²) in [7, 11) is 0. The number of benzene rings is 2. The van der Waals surface area contributed by atoms with Crippen molar-refractivity contribution >= 4 is 29.9 Å². The van der Waals surface area contributed by atoms with Crippen LogP contribution in [0.2, 0.25) is 0 Å². The monoisotopic (exact) mass is 540 g/mol. The van der Waals surface area contributed by atoms with Crippen molar-refractivity contribution in [2.24, 2.45) is 4.99 Å². The molecule has 2 rings (SSSR count). The Bertz CT molecular complexity index is 900. The van der Waals surface area contributed by atoms with E-state index in [0.29, 0.717) is 50.0 Å². The first kappa shape index (κ1) is 26.7. The first-order valence-corrected chi connectivity index (χ1v) is 10.1. The molecule has 6 nitrogen and oxygen atoms in total. The van der Waals surface area contributed by atoms with Crippen molar-refractivity contribution in [2.45, 2.75) is 33.9 Å². The van der Waals surface area contributed by atoms with Gasteiger partial charge in [0.1, 0.15) is 18.2 Å². The average Bonchev–Trinajstić information content (AvgIpc) is 2.75. The van der Waals surface area contributed by atoms with E-state index in [1.165, 1.54) is 18.2 Å². The SMILES string of the molecule is CCNC(=NCc1cc(C#N)ccc1F)NCc1ccc(C)cc1OCCOCC.I. The second kappa shape index (κ2) is 14.6. The molecule has 168 valence electrons. The van der Waals surface area contributed by atoms with Gasteiger partial charge in [0.05, 0.1) is 24.8 Å². The molecule has 0 aliphatic carbocycles. The molecule has 2 aromatic carbocycles. The van der Waals surface area contributed by atoms with E-state index in [-0.39, 0.29) is 36.3 Å². The lowest BCUT2D eigenvalue weighted by atomic mass is 10.1. The second-order valence-corrected chi connectivity index (χ2v) is 6.62. The van der Waals surface area contributed by atoms with Gasteiger partial charge in [-0.3, -0.25) is 0 Å². The van der Waals surface area contributed by atoms with Gasteiger partial charge in [-0.1, -0.05) is 12.1 Å². The van der Waals surface area contributed by atoms with Crippen LogP contribution in [0.25, 0.3) is 0 Å². The first-order valence-electron chi connectivity index (χ1n) is 10.1. The lowest BCUT2D eigenvalue weighted by Crippen LogP contribution is -2.36. The van der Waals surface area contributed by atoms with Crippen LogP contribution in [0.5, 0.6) is 5.75 Å². The van der Waals surface area contributed by atoms with Crippen LogP contribution >= 0.6 is 24.0 Å². The van der Waals surface area contributed by atoms with Crippen LogP contribution in [-0.4, -0.2) is 32.3 Å². The lowest BCUT2D eigenvalue weighted by Gasteiger charge is -2.15. The molecule has 0 aliphatic rings. The van der Waals surface area contributed by atoms with Crippen molar-refractivity contribution in [1.29, 1.82) is 5.26 Å². The van der Waals surface area contributed by atoms with E-state index in [2.05, 4.69) is 15.6 Å². The molecule has 0 aromatic heterocycles. The zero-order chi connectivity index (χ0) is 21.8. The van der Waals surface area contributed by atoms with Crippen molar-refractivity contribution in [1.82, 2.24) is 10.6 Å². The number of hydrogen-bond acceptors (Lipinski definition) is 4. The highest BCUT2D eigenvalue weighted by atomic mass is 127. The predicted octanol–water partition coefficient (Wildman–Crippen LogP) is 4.29. The topological polar surface area (TPSA) is 78.7 Å². The maximum atomic E-state index is 14.0. The van der Waals surface area contributed by atoms with Crippen LogP contribution in [0.4, 0.5) is 4.39 Å². The minimum Gasteiger partial charge on any atom is -0.491 e. The third-order valence-corrected chi connectivity index (χ3v) is 4.28. The Morgan fingerprint density at radius 1 is 1.10 bits per heavy atom. The molecule has 0 atom stereocenters. The number of aryl methyl sites for hydroxylation is 1. The minimum atomic E-state index is -0.378. The number of halogens is 2. The van der Waals surface area contributed by atoms with Gasteiger partial charge in [-0.2, -0.15) is 5.26 Å². The number of hydrogen-bond donors (Lipinski definition) is 2. The number of nitriles is 1. The van der Waals surface area contributed by atoms with Gasteiger partial charge in [0, 0.05) is 30.8 Å². The van der Waals surface area contributed by atoms with Crippen LogP contribution in [0.3, 0.4) is 0 Å². The fourth-order valence-electron chi connectivity index (χ4n) is 2.75. The summed E-state index contributed by atoms with van der Waals surface area (Å²) in [5, 5.41) is 15.4. The highest BCUT2D eigenvalue weighted by molar-refractivity contribution is 14.0. The Morgan fingerprint density at radius 3 is 2.61 bits per heavy atom. The van der Waals surface area contributed by atoms with Crippen molar-refractivity contribution < 1.29 is 13.9 Å². The molecule has 31 heavy (non-hydrogen) atoms. The maximum absolute atomic E-state index is 14.0. The summed E-state index contributed by atoms with van der Waals surface area (Å²) in [6, 6.07) is 12.3. The summed E-state index contributed by atoms with van der Waals surface area (Å²) in [6.45, 7) is 8.89. The van der Waals surface area contributed by atoms with Gasteiger partial charge in [0.25, 0.3) is 0 Å². The Balaban J connectivity index is 0.00000480. The largest absolute Gasteiger partial charge is 0.491 e. The van der Waals surface area contributed by atoms with E-state index >= 15 is 0 Å². The highest BCUT2D eigenvalue weighted by Gasteiger charge is 2.08. The minimum absolute atomic E-state index is 0.